The molecule has 4 heterocycles. The third-order valence-electron chi connectivity index (χ3n) is 7.80. The molecule has 0 bridgehead atoms. The molecule has 39 heavy (non-hydrogen) atoms. The fourth-order valence-electron chi connectivity index (χ4n) is 5.82. The number of thiophene rings is 1. The van der Waals surface area contributed by atoms with Crippen LogP contribution in [0.2, 0.25) is 0 Å². The van der Waals surface area contributed by atoms with Crippen molar-refractivity contribution in [1.29, 1.82) is 5.26 Å². The number of amides is 1. The lowest BCUT2D eigenvalue weighted by atomic mass is 9.83. The number of benzene rings is 1. The molecule has 3 aromatic rings. The molecule has 1 saturated carbocycles. The largest absolute Gasteiger partial charge is 0.435 e. The standard InChI is InChI=1S/C28H25F4N5OS/c1-2-37-13-21(27(35-37)28(30,31)32)26-18(4-3-5-22(26)29)20-12-36(14-24-19(20)10-17(11-33)39-24)25(38)7-6-16-8-15-9-23(15)34-16/h3-7,10,13,15-16,20,23,34H,2,8-9,12,14H2,1H3/b7-6+/t15-,16+,20-,23+/m0/s1. The molecule has 1 aromatic carbocycles. The number of alkyl halides is 3. The van der Waals surface area contributed by atoms with Gasteiger partial charge in [0.15, 0.2) is 5.69 Å². The quantitative estimate of drug-likeness (QED) is 0.336. The van der Waals surface area contributed by atoms with Gasteiger partial charge in [0.25, 0.3) is 0 Å². The van der Waals surface area contributed by atoms with E-state index in [0.717, 1.165) is 27.6 Å². The van der Waals surface area contributed by atoms with Gasteiger partial charge in [-0.05, 0) is 48.9 Å². The summed E-state index contributed by atoms with van der Waals surface area (Å²) in [5, 5.41) is 16.7. The summed E-state index contributed by atoms with van der Waals surface area (Å²) >= 11 is 1.24. The van der Waals surface area contributed by atoms with Crippen LogP contribution in [-0.2, 0) is 24.1 Å². The van der Waals surface area contributed by atoms with Crippen LogP contribution in [0.1, 0.15) is 52.3 Å². The fraction of sp³-hybridized carbons (Fsp3) is 0.393. The minimum absolute atomic E-state index is 0.140. The zero-order chi connectivity index (χ0) is 27.5. The van der Waals surface area contributed by atoms with Gasteiger partial charge in [-0.25, -0.2) is 4.39 Å². The molecule has 0 unspecified atom stereocenters. The van der Waals surface area contributed by atoms with Crippen molar-refractivity contribution in [1.82, 2.24) is 20.0 Å². The second-order valence-corrected chi connectivity index (χ2v) is 11.4. The van der Waals surface area contributed by atoms with Gasteiger partial charge in [-0.15, -0.1) is 11.3 Å². The Kier molecular flexibility index (Phi) is 6.35. The molecule has 2 aliphatic heterocycles. The number of carbonyl (C=O) groups is 1. The summed E-state index contributed by atoms with van der Waals surface area (Å²) in [7, 11) is 0. The summed E-state index contributed by atoms with van der Waals surface area (Å²) in [5.74, 6) is -0.983. The summed E-state index contributed by atoms with van der Waals surface area (Å²) in [5.41, 5.74) is -0.648. The van der Waals surface area contributed by atoms with Gasteiger partial charge in [-0.3, -0.25) is 9.48 Å². The van der Waals surface area contributed by atoms with Gasteiger partial charge >= 0.3 is 6.18 Å². The molecule has 11 heteroatoms. The van der Waals surface area contributed by atoms with Crippen LogP contribution in [0.4, 0.5) is 17.6 Å². The van der Waals surface area contributed by atoms with Gasteiger partial charge in [0.2, 0.25) is 5.91 Å². The number of aryl methyl sites for hydroxylation is 1. The number of aromatic nitrogens is 2. The Morgan fingerprint density at radius 2 is 2.13 bits per heavy atom. The maximum absolute atomic E-state index is 15.5. The number of fused-ring (bicyclic) bond motifs is 2. The number of piperidine rings is 1. The SMILES string of the molecule is CCn1cc(-c2c(F)cccc2[C@@H]2CN(C(=O)/C=C/[C@@H]3C[C@H]4C[C@H]4N3)Cc3sc(C#N)cc32)c(C(F)(F)F)n1. The molecule has 1 saturated heterocycles. The Bertz CT molecular complexity index is 1510. The topological polar surface area (TPSA) is 74.0 Å². The number of halogens is 4. The first-order valence-electron chi connectivity index (χ1n) is 12.9. The molecule has 6 nitrogen and oxygen atoms in total. The Labute approximate surface area is 226 Å². The minimum atomic E-state index is -4.79. The van der Waals surface area contributed by atoms with Crippen molar-refractivity contribution in [2.45, 2.75) is 57.0 Å². The summed E-state index contributed by atoms with van der Waals surface area (Å²) in [6, 6.07) is 8.69. The monoisotopic (exact) mass is 555 g/mol. The van der Waals surface area contributed by atoms with E-state index >= 15 is 4.39 Å². The van der Waals surface area contributed by atoms with E-state index < -0.39 is 23.6 Å². The lowest BCUT2D eigenvalue weighted by Crippen LogP contribution is -2.37. The van der Waals surface area contributed by atoms with Crippen LogP contribution in [-0.4, -0.2) is 39.2 Å². The summed E-state index contributed by atoms with van der Waals surface area (Å²) in [6.07, 6.45) is 2.02. The molecule has 202 valence electrons. The van der Waals surface area contributed by atoms with Gasteiger partial charge in [-0.2, -0.15) is 23.5 Å². The van der Waals surface area contributed by atoms with E-state index in [0.29, 0.717) is 22.4 Å². The first-order valence-corrected chi connectivity index (χ1v) is 13.7. The van der Waals surface area contributed by atoms with Crippen molar-refractivity contribution in [3.05, 3.63) is 75.0 Å². The predicted octanol–water partition coefficient (Wildman–Crippen LogP) is 5.44. The van der Waals surface area contributed by atoms with Crippen molar-refractivity contribution in [2.24, 2.45) is 5.92 Å². The number of hydrogen-bond donors (Lipinski definition) is 1. The van der Waals surface area contributed by atoms with E-state index in [4.69, 9.17) is 0 Å². The van der Waals surface area contributed by atoms with E-state index in [1.54, 1.807) is 30.0 Å². The minimum Gasteiger partial charge on any atom is -0.333 e. The molecule has 0 spiro atoms. The fourth-order valence-corrected chi connectivity index (χ4v) is 6.85. The van der Waals surface area contributed by atoms with Gasteiger partial charge in [0.05, 0.1) is 6.54 Å². The first kappa shape index (κ1) is 25.8. The van der Waals surface area contributed by atoms with E-state index in [-0.39, 0.29) is 42.7 Å². The number of hydrogen-bond acceptors (Lipinski definition) is 5. The van der Waals surface area contributed by atoms with Crippen molar-refractivity contribution < 1.29 is 22.4 Å². The third kappa shape index (κ3) is 4.76. The normalized spacial score (nSPS) is 24.1. The zero-order valence-corrected chi connectivity index (χ0v) is 21.8. The molecule has 6 rings (SSSR count). The molecule has 3 aliphatic rings. The van der Waals surface area contributed by atoms with Gasteiger partial charge in [0, 0.05) is 59.4 Å². The van der Waals surface area contributed by atoms with Crippen molar-refractivity contribution in [3.63, 3.8) is 0 Å². The van der Waals surface area contributed by atoms with Crippen LogP contribution in [0, 0.1) is 23.1 Å². The van der Waals surface area contributed by atoms with Crippen molar-refractivity contribution >= 4 is 17.2 Å². The Hall–Kier alpha value is -3.49. The Balaban J connectivity index is 1.41. The lowest BCUT2D eigenvalue weighted by molar-refractivity contribution is -0.141. The van der Waals surface area contributed by atoms with E-state index in [9.17, 15) is 23.2 Å². The van der Waals surface area contributed by atoms with Crippen molar-refractivity contribution in [2.75, 3.05) is 6.54 Å². The maximum atomic E-state index is 15.5. The van der Waals surface area contributed by atoms with Crippen molar-refractivity contribution in [3.8, 4) is 17.2 Å². The third-order valence-corrected chi connectivity index (χ3v) is 8.84. The molecular formula is C28H25F4N5OS. The molecule has 1 aliphatic carbocycles. The summed E-state index contributed by atoms with van der Waals surface area (Å²) < 4.78 is 58.6. The first-order chi connectivity index (χ1) is 18.7. The van der Waals surface area contributed by atoms with Gasteiger partial charge in [-0.1, -0.05) is 18.2 Å². The zero-order valence-electron chi connectivity index (χ0n) is 21.0. The van der Waals surface area contributed by atoms with E-state index in [2.05, 4.69) is 16.5 Å². The Morgan fingerprint density at radius 1 is 1.31 bits per heavy atom. The molecular weight excluding hydrogens is 530 g/mol. The second kappa shape index (κ2) is 9.61. The molecule has 0 radical (unpaired) electrons. The highest BCUT2D eigenvalue weighted by Gasteiger charge is 2.45. The number of nitrogens with one attached hydrogen (secondary N) is 1. The molecule has 1 amide bonds. The molecule has 4 atom stereocenters. The van der Waals surface area contributed by atoms with Crippen LogP contribution in [0.15, 0.2) is 42.6 Å². The molecule has 2 aromatic heterocycles. The van der Waals surface area contributed by atoms with E-state index in [1.165, 1.54) is 30.0 Å². The van der Waals surface area contributed by atoms with Crippen LogP contribution in [0.25, 0.3) is 11.1 Å². The highest BCUT2D eigenvalue weighted by atomic mass is 32.1. The van der Waals surface area contributed by atoms with E-state index in [1.807, 2.05) is 6.08 Å². The van der Waals surface area contributed by atoms with Crippen LogP contribution in [0.3, 0.4) is 0 Å². The molecule has 2 fully saturated rings. The average Bonchev–Trinajstić information content (AvgIpc) is 3.28. The maximum Gasteiger partial charge on any atom is 0.435 e. The van der Waals surface area contributed by atoms with Crippen LogP contribution < -0.4 is 5.32 Å². The van der Waals surface area contributed by atoms with Crippen LogP contribution in [0.5, 0.6) is 0 Å². The highest BCUT2D eigenvalue weighted by molar-refractivity contribution is 7.12. The average molecular weight is 556 g/mol. The van der Waals surface area contributed by atoms with Gasteiger partial charge in [0.1, 0.15) is 16.8 Å². The highest BCUT2D eigenvalue weighted by Crippen LogP contribution is 2.45. The molecule has 1 N–H and O–H groups in total. The number of nitriles is 1. The van der Waals surface area contributed by atoms with Crippen LogP contribution >= 0.6 is 11.3 Å². The number of rotatable bonds is 5. The smallest absolute Gasteiger partial charge is 0.333 e. The summed E-state index contributed by atoms with van der Waals surface area (Å²) in [6.45, 7) is 2.25. The number of nitrogens with zero attached hydrogens (tertiary/aromatic N) is 4. The Morgan fingerprint density at radius 3 is 2.82 bits per heavy atom. The second-order valence-electron chi connectivity index (χ2n) is 10.3. The predicted molar refractivity (Wildman–Crippen MR) is 137 cm³/mol. The van der Waals surface area contributed by atoms with Gasteiger partial charge < -0.3 is 10.2 Å². The summed E-state index contributed by atoms with van der Waals surface area (Å²) in [4.78, 5) is 16.1. The lowest BCUT2D eigenvalue weighted by Gasteiger charge is -2.33. The number of carbonyl (C=O) groups excluding carboxylic acids is 1.